The minimum Gasteiger partial charge on any atom is -0.477 e. The molecule has 6 rings (SSSR count). The summed E-state index contributed by atoms with van der Waals surface area (Å²) in [5, 5.41) is 8.18. The molecule has 9 heteroatoms. The monoisotopic (exact) mass is 437 g/mol. The third kappa shape index (κ3) is 2.76. The highest BCUT2D eigenvalue weighted by molar-refractivity contribution is 5.98. The summed E-state index contributed by atoms with van der Waals surface area (Å²) in [4.78, 5) is 21.0. The molecule has 1 aliphatic heterocycles. The average molecular weight is 437 g/mol. The fourth-order valence-corrected chi connectivity index (χ4v) is 6.24. The minimum absolute atomic E-state index is 0.0442. The number of piperidine rings is 2. The first kappa shape index (κ1) is 19.3. The number of hydrogen-bond acceptors (Lipinski definition) is 5. The van der Waals surface area contributed by atoms with Gasteiger partial charge in [0.25, 0.3) is 5.91 Å². The van der Waals surface area contributed by atoms with E-state index in [0.29, 0.717) is 29.7 Å². The second kappa shape index (κ2) is 7.08. The predicted molar refractivity (Wildman–Crippen MR) is 109 cm³/mol. The molecule has 164 valence electrons. The van der Waals surface area contributed by atoms with E-state index in [4.69, 9.17) is 4.74 Å². The van der Waals surface area contributed by atoms with E-state index in [-0.39, 0.29) is 23.4 Å². The molecular weight excluding hydrogens is 416 g/mol. The van der Waals surface area contributed by atoms with Crippen molar-refractivity contribution in [2.45, 2.75) is 37.8 Å². The van der Waals surface area contributed by atoms with Crippen LogP contribution < -0.4 is 4.74 Å². The van der Waals surface area contributed by atoms with E-state index in [1.165, 1.54) is 47.5 Å². The molecular formula is C23H21F2N5O2. The Kier molecular flexibility index (Phi) is 4.28. The third-order valence-electron chi connectivity index (χ3n) is 7.46. The summed E-state index contributed by atoms with van der Waals surface area (Å²) in [5.74, 6) is -0.244. The van der Waals surface area contributed by atoms with Crippen LogP contribution in [-0.4, -0.2) is 49.5 Å². The van der Waals surface area contributed by atoms with Crippen molar-refractivity contribution in [2.24, 2.45) is 11.3 Å². The van der Waals surface area contributed by atoms with Gasteiger partial charge in [-0.3, -0.25) is 4.79 Å². The van der Waals surface area contributed by atoms with Gasteiger partial charge in [-0.1, -0.05) is 0 Å². The van der Waals surface area contributed by atoms with Crippen molar-refractivity contribution in [3.63, 3.8) is 0 Å². The molecule has 2 saturated carbocycles. The van der Waals surface area contributed by atoms with Gasteiger partial charge in [-0.2, -0.15) is 15.0 Å². The number of carbonyl (C=O) groups is 1. The quantitative estimate of drug-likeness (QED) is 0.612. The van der Waals surface area contributed by atoms with E-state index in [2.05, 4.69) is 15.2 Å². The SMILES string of the molecule is O=C(c1ccc(F)cc1-n1nccn1)N1C2CCC3(COc4ccc(F)cn4)C2CCC13. The summed E-state index contributed by atoms with van der Waals surface area (Å²) in [6, 6.07) is 7.14. The Morgan fingerprint density at radius 3 is 2.69 bits per heavy atom. The first-order chi connectivity index (χ1) is 15.6. The molecule has 0 radical (unpaired) electrons. The molecule has 0 spiro atoms. The Bertz CT molecular complexity index is 1170. The van der Waals surface area contributed by atoms with Gasteiger partial charge in [-0.05, 0) is 49.8 Å². The zero-order valence-electron chi connectivity index (χ0n) is 17.2. The molecule has 1 saturated heterocycles. The molecule has 4 unspecified atom stereocenters. The molecule has 4 bridgehead atoms. The van der Waals surface area contributed by atoms with E-state index < -0.39 is 11.6 Å². The number of rotatable bonds is 5. The van der Waals surface area contributed by atoms with Gasteiger partial charge in [0.15, 0.2) is 0 Å². The normalized spacial score (nSPS) is 27.8. The lowest BCUT2D eigenvalue weighted by Crippen LogP contribution is -2.50. The first-order valence-electron chi connectivity index (χ1n) is 10.8. The molecule has 32 heavy (non-hydrogen) atoms. The van der Waals surface area contributed by atoms with E-state index >= 15 is 0 Å². The first-order valence-corrected chi connectivity index (χ1v) is 10.8. The lowest BCUT2D eigenvalue weighted by Gasteiger charge is -2.40. The minimum atomic E-state index is -0.449. The maximum atomic E-state index is 14.0. The molecule has 1 aromatic carbocycles. The number of hydrogen-bond donors (Lipinski definition) is 0. The smallest absolute Gasteiger partial charge is 0.256 e. The van der Waals surface area contributed by atoms with Crippen molar-refractivity contribution in [3.05, 3.63) is 66.1 Å². The van der Waals surface area contributed by atoms with Crippen LogP contribution in [0.1, 0.15) is 36.0 Å². The summed E-state index contributed by atoms with van der Waals surface area (Å²) in [7, 11) is 0. The molecule has 4 atom stereocenters. The van der Waals surface area contributed by atoms with Crippen LogP contribution in [0.5, 0.6) is 5.88 Å². The van der Waals surface area contributed by atoms with Gasteiger partial charge in [-0.15, -0.1) is 0 Å². The van der Waals surface area contributed by atoms with Crippen molar-refractivity contribution in [1.29, 1.82) is 0 Å². The molecule has 3 fully saturated rings. The Morgan fingerprint density at radius 1 is 1.09 bits per heavy atom. The Labute approximate surface area is 183 Å². The van der Waals surface area contributed by atoms with Crippen molar-refractivity contribution in [3.8, 4) is 11.6 Å². The van der Waals surface area contributed by atoms with Gasteiger partial charge in [0.2, 0.25) is 5.88 Å². The van der Waals surface area contributed by atoms with Crippen molar-refractivity contribution in [1.82, 2.24) is 24.9 Å². The number of aromatic nitrogens is 4. The van der Waals surface area contributed by atoms with E-state index in [1.54, 1.807) is 0 Å². The molecule has 3 aromatic rings. The van der Waals surface area contributed by atoms with Crippen LogP contribution in [0.2, 0.25) is 0 Å². The van der Waals surface area contributed by atoms with Crippen LogP contribution in [0.25, 0.3) is 5.69 Å². The molecule has 0 N–H and O–H groups in total. The third-order valence-corrected chi connectivity index (χ3v) is 7.46. The molecule has 3 aliphatic rings. The molecule has 1 amide bonds. The number of pyridine rings is 1. The van der Waals surface area contributed by atoms with Gasteiger partial charge >= 0.3 is 0 Å². The summed E-state index contributed by atoms with van der Waals surface area (Å²) in [6.45, 7) is 0.443. The van der Waals surface area contributed by atoms with Crippen LogP contribution in [0.3, 0.4) is 0 Å². The lowest BCUT2D eigenvalue weighted by molar-refractivity contribution is 0.0383. The Balaban J connectivity index is 1.30. The number of nitrogens with zero attached hydrogens (tertiary/aromatic N) is 5. The van der Waals surface area contributed by atoms with E-state index in [1.807, 2.05) is 4.90 Å². The zero-order chi connectivity index (χ0) is 21.9. The predicted octanol–water partition coefficient (Wildman–Crippen LogP) is 3.40. The van der Waals surface area contributed by atoms with E-state index in [0.717, 1.165) is 31.9 Å². The van der Waals surface area contributed by atoms with Gasteiger partial charge in [0.1, 0.15) is 17.3 Å². The van der Waals surface area contributed by atoms with Gasteiger partial charge in [0, 0.05) is 29.6 Å². The Morgan fingerprint density at radius 2 is 1.91 bits per heavy atom. The van der Waals surface area contributed by atoms with Gasteiger partial charge < -0.3 is 9.64 Å². The fraction of sp³-hybridized carbons (Fsp3) is 0.391. The number of carbonyl (C=O) groups excluding carboxylic acids is 1. The molecule has 3 heterocycles. The van der Waals surface area contributed by atoms with Crippen LogP contribution in [0.4, 0.5) is 8.78 Å². The lowest BCUT2D eigenvalue weighted by atomic mass is 9.80. The summed E-state index contributed by atoms with van der Waals surface area (Å²) < 4.78 is 33.2. The number of ether oxygens (including phenoxy) is 1. The van der Waals surface area contributed by atoms with Crippen molar-refractivity contribution in [2.75, 3.05) is 6.61 Å². The number of amides is 1. The fourth-order valence-electron chi connectivity index (χ4n) is 6.24. The number of halogens is 2. The summed E-state index contributed by atoms with van der Waals surface area (Å²) in [5.41, 5.74) is 0.581. The topological polar surface area (TPSA) is 73.1 Å². The second-order valence-electron chi connectivity index (χ2n) is 8.83. The zero-order valence-corrected chi connectivity index (χ0v) is 17.2. The highest BCUT2D eigenvalue weighted by Crippen LogP contribution is 2.64. The van der Waals surface area contributed by atoms with Gasteiger partial charge in [0.05, 0.1) is 30.8 Å². The van der Waals surface area contributed by atoms with Crippen molar-refractivity contribution < 1.29 is 18.3 Å². The van der Waals surface area contributed by atoms with Crippen LogP contribution in [-0.2, 0) is 0 Å². The maximum absolute atomic E-state index is 14.0. The standard InChI is InChI=1S/C23H21F2N5O2/c24-14-1-3-16(19(11-14)30-27-9-10-28-30)22(31)29-18-7-8-23(17(18)4-5-20(23)29)13-32-21-6-2-15(25)12-26-21/h1-3,6,9-12,17-18,20H,4-5,7-8,13H2. The van der Waals surface area contributed by atoms with Crippen LogP contribution >= 0.6 is 0 Å². The highest BCUT2D eigenvalue weighted by atomic mass is 19.1. The number of benzene rings is 1. The average Bonchev–Trinajstić information content (AvgIpc) is 3.57. The van der Waals surface area contributed by atoms with Crippen LogP contribution in [0.15, 0.2) is 48.9 Å². The van der Waals surface area contributed by atoms with Gasteiger partial charge in [-0.25, -0.2) is 13.8 Å². The molecule has 2 aromatic heterocycles. The molecule has 7 nitrogen and oxygen atoms in total. The number of likely N-dealkylation sites (tertiary alicyclic amines) is 1. The second-order valence-corrected chi connectivity index (χ2v) is 8.83. The maximum Gasteiger partial charge on any atom is 0.256 e. The van der Waals surface area contributed by atoms with E-state index in [9.17, 15) is 13.6 Å². The summed E-state index contributed by atoms with van der Waals surface area (Å²) in [6.07, 6.45) is 7.98. The molecule has 2 aliphatic carbocycles. The van der Waals surface area contributed by atoms with Crippen molar-refractivity contribution >= 4 is 5.91 Å². The van der Waals surface area contributed by atoms with Crippen LogP contribution in [0, 0.1) is 23.0 Å². The largest absolute Gasteiger partial charge is 0.477 e. The highest BCUT2D eigenvalue weighted by Gasteiger charge is 2.68. The Hall–Kier alpha value is -3.36. The summed E-state index contributed by atoms with van der Waals surface area (Å²) >= 11 is 0.